The zero-order valence-electron chi connectivity index (χ0n) is 17.0. The summed E-state index contributed by atoms with van der Waals surface area (Å²) in [6.45, 7) is 0.608. The molecule has 0 unspecified atom stereocenters. The third-order valence-corrected chi connectivity index (χ3v) is 4.62. The first kappa shape index (κ1) is 37.9. The Morgan fingerprint density at radius 1 is 0.250 bits per heavy atom. The van der Waals surface area contributed by atoms with Gasteiger partial charge in [-0.3, -0.25) is 0 Å². The summed E-state index contributed by atoms with van der Waals surface area (Å²) in [6.07, 6.45) is -16.1. The lowest BCUT2D eigenvalue weighted by Crippen LogP contribution is -2.73. The van der Waals surface area contributed by atoms with Crippen molar-refractivity contribution in [2.24, 2.45) is 0 Å². The van der Waals surface area contributed by atoms with Gasteiger partial charge in [0.2, 0.25) is 0 Å². The van der Waals surface area contributed by atoms with E-state index >= 15 is 0 Å². The van der Waals surface area contributed by atoms with E-state index in [1.165, 1.54) is 0 Å². The maximum Gasteiger partial charge on any atom is 0.460 e. The molecule has 0 saturated carbocycles. The van der Waals surface area contributed by atoms with E-state index in [9.17, 15) is 114 Å². The molecule has 0 heterocycles. The second kappa shape index (κ2) is 8.96. The van der Waals surface area contributed by atoms with Crippen molar-refractivity contribution in [1.82, 2.24) is 0 Å². The molecular weight excluding hydrogens is 662 g/mol. The topological polar surface area (TPSA) is 0 Å². The van der Waals surface area contributed by atoms with Crippen molar-refractivity contribution in [3.8, 4) is 0 Å². The monoisotopic (exact) mass is 664 g/mol. The summed E-state index contributed by atoms with van der Waals surface area (Å²) in [4.78, 5) is 0. The normalized spacial score (nSPS) is 16.9. The van der Waals surface area contributed by atoms with E-state index in [-0.39, 0.29) is 0 Å². The minimum atomic E-state index is -9.05. The van der Waals surface area contributed by atoms with E-state index in [1.807, 2.05) is 0 Å². The average Bonchev–Trinajstić information content (AvgIpc) is 2.70. The molecule has 0 aliphatic rings. The van der Waals surface area contributed by atoms with Crippen LogP contribution in [0.1, 0.15) is 0 Å². The van der Waals surface area contributed by atoms with Gasteiger partial charge >= 0.3 is 71.6 Å². The summed E-state index contributed by atoms with van der Waals surface area (Å²) in [7, 11) is 0. The van der Waals surface area contributed by atoms with Crippen LogP contribution < -0.4 is 0 Å². The lowest BCUT2D eigenvalue weighted by molar-refractivity contribution is -0.445. The largest absolute Gasteiger partial charge is 0.460 e. The van der Waals surface area contributed by atoms with Crippen molar-refractivity contribution in [2.45, 2.75) is 71.6 Å². The molecule has 0 aromatic heterocycles. The SMILES string of the molecule is C=C(C(F)(F)C(F)(F)C(F)(F)C(F)(F)C(F)(F)C(F)(F)F)C(F)(F)C(F)(F)C(F)(F)C(F)(F)C(F)(F)C(F)(F)F. The molecule has 0 N–H and O–H groups in total. The average molecular weight is 664 g/mol. The van der Waals surface area contributed by atoms with Crippen LogP contribution in [0.3, 0.4) is 0 Å². The lowest BCUT2D eigenvalue weighted by atomic mass is 9.84. The predicted octanol–water partition coefficient (Wildman–Crippen LogP) is 9.02. The van der Waals surface area contributed by atoms with Gasteiger partial charge in [0.25, 0.3) is 0 Å². The zero-order chi connectivity index (χ0) is 33.6. The summed E-state index contributed by atoms with van der Waals surface area (Å²) >= 11 is 0. The molecule has 240 valence electrons. The van der Waals surface area contributed by atoms with Crippen molar-refractivity contribution >= 4 is 0 Å². The third kappa shape index (κ3) is 4.39. The van der Waals surface area contributed by atoms with Crippen LogP contribution in [0.2, 0.25) is 0 Å². The van der Waals surface area contributed by atoms with Crippen LogP contribution in [-0.2, 0) is 0 Å². The standard InChI is InChI=1S/C14H2F26/c1-2(3(15,16)5(19,20)7(23,24)9(27,28)11(31,32)13(35,36)37)4(17,18)6(21,22)8(25,26)10(29,30)12(33,34)14(38,39)40/h1H2. The van der Waals surface area contributed by atoms with Gasteiger partial charge in [0.15, 0.2) is 0 Å². The van der Waals surface area contributed by atoms with Crippen molar-refractivity contribution < 1.29 is 114 Å². The molecule has 0 aromatic carbocycles. The third-order valence-electron chi connectivity index (χ3n) is 4.62. The van der Waals surface area contributed by atoms with Gasteiger partial charge in [-0.2, -0.15) is 114 Å². The number of hydrogen-bond acceptors (Lipinski definition) is 0. The second-order valence-electron chi connectivity index (χ2n) is 7.22. The fraction of sp³-hybridized carbons (Fsp3) is 0.857. The van der Waals surface area contributed by atoms with Crippen LogP contribution >= 0.6 is 0 Å². The van der Waals surface area contributed by atoms with Crippen molar-refractivity contribution in [3.05, 3.63) is 12.2 Å². The molecule has 26 heteroatoms. The summed E-state index contributed by atoms with van der Waals surface area (Å²) in [6, 6.07) is 0. The Labute approximate surface area is 199 Å². The molecular formula is C14H2F26. The Morgan fingerprint density at radius 2 is 0.400 bits per heavy atom. The minimum absolute atomic E-state index is 0.608. The molecule has 0 aliphatic carbocycles. The Balaban J connectivity index is 7.18. The highest BCUT2D eigenvalue weighted by molar-refractivity contribution is 5.30. The Kier molecular flexibility index (Phi) is 8.49. The highest BCUT2D eigenvalue weighted by atomic mass is 19.4. The molecule has 0 atom stereocenters. The van der Waals surface area contributed by atoms with Crippen molar-refractivity contribution in [3.63, 3.8) is 0 Å². The Morgan fingerprint density at radius 3 is 0.550 bits per heavy atom. The van der Waals surface area contributed by atoms with Crippen LogP contribution in [0.4, 0.5) is 114 Å². The number of hydrogen-bond donors (Lipinski definition) is 0. The Bertz CT molecular complexity index is 879. The maximum atomic E-state index is 13.7. The molecule has 0 fully saturated rings. The Hall–Kier alpha value is -2.08. The quantitative estimate of drug-likeness (QED) is 0.162. The first-order chi connectivity index (χ1) is 16.7. The summed E-state index contributed by atoms with van der Waals surface area (Å²) < 4.78 is 337. The molecule has 0 aromatic rings. The van der Waals surface area contributed by atoms with E-state index in [0.717, 1.165) is 0 Å². The van der Waals surface area contributed by atoms with E-state index in [0.29, 0.717) is 6.58 Å². The minimum Gasteiger partial charge on any atom is -0.194 e. The molecule has 0 spiro atoms. The fourth-order valence-electron chi connectivity index (χ4n) is 2.12. The smallest absolute Gasteiger partial charge is 0.194 e. The summed E-state index contributed by atoms with van der Waals surface area (Å²) in [5.74, 6) is -88.1. The fourth-order valence-corrected chi connectivity index (χ4v) is 2.12. The molecule has 0 bridgehead atoms. The zero-order valence-corrected chi connectivity index (χ0v) is 17.0. The number of halogens is 26. The van der Waals surface area contributed by atoms with Crippen LogP contribution in [0.15, 0.2) is 12.2 Å². The lowest BCUT2D eigenvalue weighted by Gasteiger charge is -2.43. The van der Waals surface area contributed by atoms with Crippen LogP contribution in [0, 0.1) is 0 Å². The molecule has 0 nitrogen and oxygen atoms in total. The summed E-state index contributed by atoms with van der Waals surface area (Å²) in [5, 5.41) is 0. The maximum absolute atomic E-state index is 13.7. The molecule has 40 heavy (non-hydrogen) atoms. The van der Waals surface area contributed by atoms with Crippen LogP contribution in [-0.4, -0.2) is 71.6 Å². The first-order valence-corrected chi connectivity index (χ1v) is 8.27. The van der Waals surface area contributed by atoms with E-state index in [4.69, 9.17) is 0 Å². The van der Waals surface area contributed by atoms with E-state index in [1.54, 1.807) is 0 Å². The summed E-state index contributed by atoms with van der Waals surface area (Å²) in [5.41, 5.74) is -5.47. The van der Waals surface area contributed by atoms with Gasteiger partial charge in [0.1, 0.15) is 0 Å². The first-order valence-electron chi connectivity index (χ1n) is 8.27. The van der Waals surface area contributed by atoms with Gasteiger partial charge in [0.05, 0.1) is 5.57 Å². The number of alkyl halides is 26. The van der Waals surface area contributed by atoms with Crippen molar-refractivity contribution in [2.75, 3.05) is 0 Å². The number of rotatable bonds is 10. The van der Waals surface area contributed by atoms with Gasteiger partial charge in [-0.15, -0.1) is 0 Å². The molecule has 0 rings (SSSR count). The molecule has 0 saturated heterocycles. The van der Waals surface area contributed by atoms with E-state index in [2.05, 4.69) is 0 Å². The molecule has 0 aliphatic heterocycles. The highest BCUT2D eigenvalue weighted by Crippen LogP contribution is 2.66. The van der Waals surface area contributed by atoms with Gasteiger partial charge in [-0.05, 0) is 0 Å². The van der Waals surface area contributed by atoms with Gasteiger partial charge in [-0.25, -0.2) is 0 Å². The molecule has 0 amide bonds. The van der Waals surface area contributed by atoms with Crippen molar-refractivity contribution in [1.29, 1.82) is 0 Å². The van der Waals surface area contributed by atoms with Gasteiger partial charge in [0, 0.05) is 0 Å². The second-order valence-corrected chi connectivity index (χ2v) is 7.22. The number of allylic oxidation sites excluding steroid dienone is 1. The van der Waals surface area contributed by atoms with Crippen LogP contribution in [0.5, 0.6) is 0 Å². The highest BCUT2D eigenvalue weighted by Gasteiger charge is 2.95. The van der Waals surface area contributed by atoms with Gasteiger partial charge in [-0.1, -0.05) is 6.58 Å². The van der Waals surface area contributed by atoms with Crippen LogP contribution in [0.25, 0.3) is 0 Å². The van der Waals surface area contributed by atoms with E-state index < -0.39 is 77.2 Å². The molecule has 0 radical (unpaired) electrons. The van der Waals surface area contributed by atoms with Gasteiger partial charge < -0.3 is 0 Å². The predicted molar refractivity (Wildman–Crippen MR) is 70.7 cm³/mol.